The lowest BCUT2D eigenvalue weighted by Gasteiger charge is -2.09. The third-order valence-corrected chi connectivity index (χ3v) is 3.18. The summed E-state index contributed by atoms with van der Waals surface area (Å²) < 4.78 is 0. The Morgan fingerprint density at radius 2 is 2.06 bits per heavy atom. The van der Waals surface area contributed by atoms with E-state index in [-0.39, 0.29) is 5.91 Å². The molecule has 0 fully saturated rings. The van der Waals surface area contributed by atoms with Crippen LogP contribution in [-0.2, 0) is 4.79 Å². The van der Waals surface area contributed by atoms with Gasteiger partial charge in [0, 0.05) is 12.5 Å². The van der Waals surface area contributed by atoms with Crippen molar-refractivity contribution in [3.63, 3.8) is 0 Å². The van der Waals surface area contributed by atoms with Gasteiger partial charge in [0.1, 0.15) is 0 Å². The molecule has 0 aliphatic carbocycles. The van der Waals surface area contributed by atoms with Gasteiger partial charge >= 0.3 is 0 Å². The van der Waals surface area contributed by atoms with Crippen molar-refractivity contribution in [2.75, 3.05) is 11.9 Å². The summed E-state index contributed by atoms with van der Waals surface area (Å²) in [5.74, 6) is -0.0512. The Balaban J connectivity index is 2.38. The van der Waals surface area contributed by atoms with Crippen molar-refractivity contribution in [3.05, 3.63) is 28.2 Å². The van der Waals surface area contributed by atoms with Crippen LogP contribution in [0.1, 0.15) is 26.7 Å². The largest absolute Gasteiger partial charge is 0.325 e. The molecule has 5 heteroatoms. The smallest absolute Gasteiger partial charge is 0.224 e. The van der Waals surface area contributed by atoms with Gasteiger partial charge in [-0.15, -0.1) is 0 Å². The lowest BCUT2D eigenvalue weighted by atomic mass is 10.2. The normalized spacial score (nSPS) is 10.7. The van der Waals surface area contributed by atoms with Crippen LogP contribution in [0.5, 0.6) is 0 Å². The quantitative estimate of drug-likeness (QED) is 0.784. The number of carbonyl (C=O) groups excluding carboxylic acids is 1. The van der Waals surface area contributed by atoms with Gasteiger partial charge in [-0.3, -0.25) is 4.79 Å². The van der Waals surface area contributed by atoms with Gasteiger partial charge in [-0.05, 0) is 25.1 Å². The lowest BCUT2D eigenvalue weighted by molar-refractivity contribution is -0.116. The summed E-state index contributed by atoms with van der Waals surface area (Å²) in [5, 5.41) is 6.84. The average Bonchev–Trinajstić information content (AvgIpc) is 2.30. The average molecular weight is 289 g/mol. The van der Waals surface area contributed by atoms with Gasteiger partial charge in [-0.1, -0.05) is 43.1 Å². The van der Waals surface area contributed by atoms with Crippen LogP contribution < -0.4 is 10.6 Å². The Kier molecular flexibility index (Phi) is 6.47. The number of hydrogen-bond donors (Lipinski definition) is 2. The van der Waals surface area contributed by atoms with Crippen molar-refractivity contribution in [2.24, 2.45) is 0 Å². The zero-order valence-corrected chi connectivity index (χ0v) is 12.1. The van der Waals surface area contributed by atoms with E-state index < -0.39 is 0 Å². The molecule has 100 valence electrons. The maximum atomic E-state index is 11.7. The summed E-state index contributed by atoms with van der Waals surface area (Å²) in [6.45, 7) is 4.98. The van der Waals surface area contributed by atoms with Crippen LogP contribution in [0, 0.1) is 0 Å². The lowest BCUT2D eigenvalue weighted by Crippen LogP contribution is -2.24. The van der Waals surface area contributed by atoms with E-state index in [2.05, 4.69) is 24.5 Å². The topological polar surface area (TPSA) is 41.1 Å². The Labute approximate surface area is 118 Å². The predicted molar refractivity (Wildman–Crippen MR) is 77.5 cm³/mol. The first-order valence-corrected chi connectivity index (χ1v) is 6.73. The molecule has 1 aromatic carbocycles. The molecule has 0 radical (unpaired) electrons. The number of benzene rings is 1. The SMILES string of the molecule is CC(C)NCCCC(=O)Nc1cccc(Cl)c1Cl. The second-order valence-electron chi connectivity index (χ2n) is 4.36. The summed E-state index contributed by atoms with van der Waals surface area (Å²) in [7, 11) is 0. The molecule has 1 rings (SSSR count). The first-order chi connectivity index (χ1) is 8.50. The number of amides is 1. The molecule has 0 saturated heterocycles. The zero-order chi connectivity index (χ0) is 13.5. The molecule has 0 unspecified atom stereocenters. The van der Waals surface area contributed by atoms with Gasteiger partial charge in [0.2, 0.25) is 5.91 Å². The second-order valence-corrected chi connectivity index (χ2v) is 5.15. The number of anilines is 1. The molecule has 0 aliphatic heterocycles. The molecule has 2 N–H and O–H groups in total. The molecule has 0 saturated carbocycles. The summed E-state index contributed by atoms with van der Waals surface area (Å²) >= 11 is 11.8. The Morgan fingerprint density at radius 3 is 2.72 bits per heavy atom. The minimum atomic E-state index is -0.0512. The van der Waals surface area contributed by atoms with Gasteiger partial charge < -0.3 is 10.6 Å². The summed E-state index contributed by atoms with van der Waals surface area (Å²) in [5.41, 5.74) is 0.561. The van der Waals surface area contributed by atoms with Crippen molar-refractivity contribution in [3.8, 4) is 0 Å². The first-order valence-electron chi connectivity index (χ1n) is 5.98. The second kappa shape index (κ2) is 7.62. The number of rotatable bonds is 6. The van der Waals surface area contributed by atoms with E-state index in [0.717, 1.165) is 13.0 Å². The highest BCUT2D eigenvalue weighted by molar-refractivity contribution is 6.43. The van der Waals surface area contributed by atoms with Crippen LogP contribution in [0.15, 0.2) is 18.2 Å². The fourth-order valence-corrected chi connectivity index (χ4v) is 1.80. The Bertz CT molecular complexity index is 408. The van der Waals surface area contributed by atoms with Crippen LogP contribution in [0.4, 0.5) is 5.69 Å². The van der Waals surface area contributed by atoms with E-state index in [0.29, 0.717) is 28.2 Å². The minimum Gasteiger partial charge on any atom is -0.325 e. The van der Waals surface area contributed by atoms with Crippen LogP contribution >= 0.6 is 23.2 Å². The molecular formula is C13H18Cl2N2O. The fourth-order valence-electron chi connectivity index (χ4n) is 1.45. The maximum absolute atomic E-state index is 11.7. The highest BCUT2D eigenvalue weighted by atomic mass is 35.5. The third kappa shape index (κ3) is 5.25. The summed E-state index contributed by atoms with van der Waals surface area (Å²) in [6.07, 6.45) is 1.25. The zero-order valence-electron chi connectivity index (χ0n) is 10.6. The van der Waals surface area contributed by atoms with Gasteiger partial charge in [-0.2, -0.15) is 0 Å². The van der Waals surface area contributed by atoms with E-state index in [1.165, 1.54) is 0 Å². The standard InChI is InChI=1S/C13H18Cl2N2O/c1-9(2)16-8-4-7-12(18)17-11-6-3-5-10(14)13(11)15/h3,5-6,9,16H,4,7-8H2,1-2H3,(H,17,18). The summed E-state index contributed by atoms with van der Waals surface area (Å²) in [4.78, 5) is 11.7. The molecule has 0 aliphatic rings. The van der Waals surface area contributed by atoms with E-state index in [9.17, 15) is 4.79 Å². The number of carbonyl (C=O) groups is 1. The summed E-state index contributed by atoms with van der Waals surface area (Å²) in [6, 6.07) is 5.62. The van der Waals surface area contributed by atoms with Crippen molar-refractivity contribution in [1.29, 1.82) is 0 Å². The van der Waals surface area contributed by atoms with Gasteiger partial charge in [-0.25, -0.2) is 0 Å². The maximum Gasteiger partial charge on any atom is 0.224 e. The van der Waals surface area contributed by atoms with E-state index >= 15 is 0 Å². The highest BCUT2D eigenvalue weighted by Gasteiger charge is 2.07. The Hall–Kier alpha value is -0.770. The molecule has 0 aromatic heterocycles. The van der Waals surface area contributed by atoms with Crippen LogP contribution in [0.25, 0.3) is 0 Å². The van der Waals surface area contributed by atoms with Crippen LogP contribution in [-0.4, -0.2) is 18.5 Å². The minimum absolute atomic E-state index is 0.0512. The van der Waals surface area contributed by atoms with Gasteiger partial charge in [0.15, 0.2) is 0 Å². The first kappa shape index (κ1) is 15.3. The molecule has 0 heterocycles. The molecular weight excluding hydrogens is 271 g/mol. The number of nitrogens with one attached hydrogen (secondary N) is 2. The van der Waals surface area contributed by atoms with Crippen molar-refractivity contribution in [2.45, 2.75) is 32.7 Å². The van der Waals surface area contributed by atoms with Crippen molar-refractivity contribution < 1.29 is 4.79 Å². The molecule has 18 heavy (non-hydrogen) atoms. The third-order valence-electron chi connectivity index (χ3n) is 2.36. The number of hydrogen-bond acceptors (Lipinski definition) is 2. The Morgan fingerprint density at radius 1 is 1.33 bits per heavy atom. The molecule has 1 amide bonds. The van der Waals surface area contributed by atoms with E-state index in [1.54, 1.807) is 18.2 Å². The molecule has 1 aromatic rings. The monoisotopic (exact) mass is 288 g/mol. The van der Waals surface area contributed by atoms with E-state index in [1.807, 2.05) is 0 Å². The molecule has 3 nitrogen and oxygen atoms in total. The van der Waals surface area contributed by atoms with Gasteiger partial charge in [0.05, 0.1) is 15.7 Å². The van der Waals surface area contributed by atoms with Crippen LogP contribution in [0.3, 0.4) is 0 Å². The van der Waals surface area contributed by atoms with Crippen molar-refractivity contribution >= 4 is 34.8 Å². The highest BCUT2D eigenvalue weighted by Crippen LogP contribution is 2.29. The van der Waals surface area contributed by atoms with Crippen molar-refractivity contribution in [1.82, 2.24) is 5.32 Å². The van der Waals surface area contributed by atoms with Gasteiger partial charge in [0.25, 0.3) is 0 Å². The molecule has 0 bridgehead atoms. The van der Waals surface area contributed by atoms with E-state index in [4.69, 9.17) is 23.2 Å². The van der Waals surface area contributed by atoms with Crippen LogP contribution in [0.2, 0.25) is 10.0 Å². The predicted octanol–water partition coefficient (Wildman–Crippen LogP) is 3.71. The molecule has 0 spiro atoms. The number of halogens is 2. The fraction of sp³-hybridized carbons (Fsp3) is 0.462. The molecule has 0 atom stereocenters.